The van der Waals surface area contributed by atoms with Gasteiger partial charge in [-0.1, -0.05) is 30.3 Å². The van der Waals surface area contributed by atoms with Crippen molar-refractivity contribution in [2.45, 2.75) is 18.9 Å². The summed E-state index contributed by atoms with van der Waals surface area (Å²) in [5, 5.41) is 11.8. The van der Waals surface area contributed by atoms with Crippen molar-refractivity contribution in [2.75, 3.05) is 19.8 Å². The van der Waals surface area contributed by atoms with Crippen LogP contribution in [0.25, 0.3) is 0 Å². The molecule has 106 valence electrons. The molecule has 19 heavy (non-hydrogen) atoms. The molecule has 6 heteroatoms. The van der Waals surface area contributed by atoms with Crippen LogP contribution in [0, 0.1) is 0 Å². The monoisotopic (exact) mass is 273 g/mol. The number of ether oxygens (including phenoxy) is 1. The van der Waals surface area contributed by atoms with Crippen molar-refractivity contribution < 1.29 is 23.4 Å². The van der Waals surface area contributed by atoms with Gasteiger partial charge in [0.25, 0.3) is 6.43 Å². The van der Waals surface area contributed by atoms with Gasteiger partial charge in [0.1, 0.15) is 6.61 Å². The van der Waals surface area contributed by atoms with Crippen LogP contribution >= 0.6 is 0 Å². The second-order valence-electron chi connectivity index (χ2n) is 3.93. The summed E-state index contributed by atoms with van der Waals surface area (Å²) in [6.45, 7) is -0.966. The van der Waals surface area contributed by atoms with Crippen LogP contribution in [0.4, 0.5) is 8.78 Å². The van der Waals surface area contributed by atoms with Gasteiger partial charge >= 0.3 is 0 Å². The maximum Gasteiger partial charge on any atom is 0.261 e. The van der Waals surface area contributed by atoms with Crippen LogP contribution in [-0.4, -0.2) is 37.3 Å². The van der Waals surface area contributed by atoms with E-state index in [9.17, 15) is 18.7 Å². The van der Waals surface area contributed by atoms with E-state index in [1.54, 1.807) is 24.3 Å². The van der Waals surface area contributed by atoms with E-state index in [2.05, 4.69) is 10.1 Å². The highest BCUT2D eigenvalue weighted by atomic mass is 19.3. The molecular weight excluding hydrogens is 256 g/mol. The molecular formula is C13H17F2NO3. The fourth-order valence-corrected chi connectivity index (χ4v) is 1.52. The Hall–Kier alpha value is -1.53. The number of amides is 1. The molecule has 1 amide bonds. The van der Waals surface area contributed by atoms with Gasteiger partial charge in [-0.2, -0.15) is 0 Å². The summed E-state index contributed by atoms with van der Waals surface area (Å²) >= 11 is 0. The summed E-state index contributed by atoms with van der Waals surface area (Å²) in [7, 11) is 0. The second-order valence-corrected chi connectivity index (χ2v) is 3.93. The van der Waals surface area contributed by atoms with Crippen molar-refractivity contribution in [1.82, 2.24) is 5.32 Å². The number of carbonyl (C=O) groups is 1. The van der Waals surface area contributed by atoms with Crippen molar-refractivity contribution in [1.29, 1.82) is 0 Å². The zero-order chi connectivity index (χ0) is 14.1. The lowest BCUT2D eigenvalue weighted by atomic mass is 10.1. The molecule has 1 aromatic carbocycles. The first-order valence-electron chi connectivity index (χ1n) is 5.94. The van der Waals surface area contributed by atoms with Crippen molar-refractivity contribution in [3.8, 4) is 0 Å². The molecule has 0 saturated carbocycles. The van der Waals surface area contributed by atoms with Gasteiger partial charge in [-0.05, 0) is 5.56 Å². The van der Waals surface area contributed by atoms with Crippen LogP contribution in [0.1, 0.15) is 18.0 Å². The molecule has 0 aliphatic rings. The van der Waals surface area contributed by atoms with E-state index >= 15 is 0 Å². The first kappa shape index (κ1) is 15.5. The van der Waals surface area contributed by atoms with Gasteiger partial charge in [0.05, 0.1) is 19.3 Å². The highest BCUT2D eigenvalue weighted by molar-refractivity contribution is 5.76. The summed E-state index contributed by atoms with van der Waals surface area (Å²) in [4.78, 5) is 11.5. The van der Waals surface area contributed by atoms with Gasteiger partial charge in [-0.3, -0.25) is 4.79 Å². The third-order valence-electron chi connectivity index (χ3n) is 2.44. The number of aliphatic hydroxyl groups is 1. The van der Waals surface area contributed by atoms with E-state index in [4.69, 9.17) is 0 Å². The van der Waals surface area contributed by atoms with E-state index < -0.39 is 19.1 Å². The molecule has 0 aliphatic heterocycles. The molecule has 0 saturated heterocycles. The van der Waals surface area contributed by atoms with Crippen LogP contribution in [0.2, 0.25) is 0 Å². The molecule has 2 N–H and O–H groups in total. The minimum atomic E-state index is -2.53. The lowest BCUT2D eigenvalue weighted by molar-refractivity contribution is -0.123. The number of aliphatic hydroxyl groups excluding tert-OH is 1. The Bertz CT molecular complexity index is 373. The zero-order valence-corrected chi connectivity index (χ0v) is 10.4. The van der Waals surface area contributed by atoms with Crippen molar-refractivity contribution >= 4 is 5.91 Å². The smallest absolute Gasteiger partial charge is 0.261 e. The van der Waals surface area contributed by atoms with E-state index in [1.807, 2.05) is 6.07 Å². The van der Waals surface area contributed by atoms with Crippen molar-refractivity contribution in [3.05, 3.63) is 35.9 Å². The number of hydrogen-bond donors (Lipinski definition) is 2. The molecule has 0 aliphatic carbocycles. The number of alkyl halides is 2. The van der Waals surface area contributed by atoms with Crippen LogP contribution in [0.15, 0.2) is 30.3 Å². The average Bonchev–Trinajstić information content (AvgIpc) is 2.41. The van der Waals surface area contributed by atoms with Gasteiger partial charge in [0, 0.05) is 6.42 Å². The Kier molecular flexibility index (Phi) is 6.99. The summed E-state index contributed by atoms with van der Waals surface area (Å²) < 4.78 is 28.2. The lowest BCUT2D eigenvalue weighted by Crippen LogP contribution is -2.31. The van der Waals surface area contributed by atoms with E-state index in [1.165, 1.54) is 0 Å². The fourth-order valence-electron chi connectivity index (χ4n) is 1.52. The van der Waals surface area contributed by atoms with Crippen LogP contribution in [0.5, 0.6) is 0 Å². The standard InChI is InChI=1S/C13H17F2NO3/c14-12(15)9-19-7-6-13(18)16-11(8-17)10-4-2-1-3-5-10/h1-5,11-12,17H,6-9H2,(H,16,18). The molecule has 1 aromatic rings. The van der Waals surface area contributed by atoms with Gasteiger partial charge in [-0.25, -0.2) is 8.78 Å². The SMILES string of the molecule is O=C(CCOCC(F)F)NC(CO)c1ccccc1. The van der Waals surface area contributed by atoms with Crippen LogP contribution in [-0.2, 0) is 9.53 Å². The number of nitrogens with one attached hydrogen (secondary N) is 1. The van der Waals surface area contributed by atoms with Gasteiger partial charge in [0.2, 0.25) is 5.91 Å². The lowest BCUT2D eigenvalue weighted by Gasteiger charge is -2.16. The Labute approximate surface area is 110 Å². The third-order valence-corrected chi connectivity index (χ3v) is 2.44. The molecule has 0 bridgehead atoms. The van der Waals surface area contributed by atoms with Crippen LogP contribution in [0.3, 0.4) is 0 Å². The summed E-state index contributed by atoms with van der Waals surface area (Å²) in [6, 6.07) is 8.51. The van der Waals surface area contributed by atoms with Crippen LogP contribution < -0.4 is 5.32 Å². The molecule has 4 nitrogen and oxygen atoms in total. The Morgan fingerprint density at radius 3 is 2.58 bits per heavy atom. The summed E-state index contributed by atoms with van der Waals surface area (Å²) in [5.41, 5.74) is 0.784. The second kappa shape index (κ2) is 8.55. The van der Waals surface area contributed by atoms with Gasteiger partial charge in [0.15, 0.2) is 0 Å². The quantitative estimate of drug-likeness (QED) is 0.706. The number of benzene rings is 1. The largest absolute Gasteiger partial charge is 0.394 e. The van der Waals surface area contributed by atoms with E-state index in [0.29, 0.717) is 0 Å². The zero-order valence-electron chi connectivity index (χ0n) is 10.4. The maximum absolute atomic E-state index is 11.8. The molecule has 0 aromatic heterocycles. The minimum absolute atomic E-state index is 0.0178. The molecule has 0 heterocycles. The molecule has 1 rings (SSSR count). The van der Waals surface area contributed by atoms with Gasteiger partial charge in [-0.15, -0.1) is 0 Å². The van der Waals surface area contributed by atoms with Gasteiger partial charge < -0.3 is 15.2 Å². The topological polar surface area (TPSA) is 58.6 Å². The summed E-state index contributed by atoms with van der Waals surface area (Å²) in [6.07, 6.45) is -2.55. The summed E-state index contributed by atoms with van der Waals surface area (Å²) in [5.74, 6) is -0.350. The highest BCUT2D eigenvalue weighted by Gasteiger charge is 2.13. The third kappa shape index (κ3) is 6.26. The Balaban J connectivity index is 2.33. The molecule has 0 spiro atoms. The highest BCUT2D eigenvalue weighted by Crippen LogP contribution is 2.11. The van der Waals surface area contributed by atoms with E-state index in [0.717, 1.165) is 5.56 Å². The normalized spacial score (nSPS) is 12.4. The number of carbonyl (C=O) groups excluding carboxylic acids is 1. The molecule has 1 unspecified atom stereocenters. The number of hydrogen-bond acceptors (Lipinski definition) is 3. The maximum atomic E-state index is 11.8. The number of rotatable bonds is 8. The first-order chi connectivity index (χ1) is 9.13. The predicted molar refractivity (Wildman–Crippen MR) is 65.9 cm³/mol. The average molecular weight is 273 g/mol. The first-order valence-corrected chi connectivity index (χ1v) is 5.94. The number of halogens is 2. The van der Waals surface area contributed by atoms with Crippen molar-refractivity contribution in [3.63, 3.8) is 0 Å². The predicted octanol–water partition coefficient (Wildman–Crippen LogP) is 1.51. The Morgan fingerprint density at radius 2 is 2.00 bits per heavy atom. The fraction of sp³-hybridized carbons (Fsp3) is 0.462. The van der Waals surface area contributed by atoms with Crippen molar-refractivity contribution in [2.24, 2.45) is 0 Å². The molecule has 0 radical (unpaired) electrons. The molecule has 0 fully saturated rings. The molecule has 1 atom stereocenters. The van der Waals surface area contributed by atoms with E-state index in [-0.39, 0.29) is 25.5 Å². The Morgan fingerprint density at radius 1 is 1.32 bits per heavy atom. The minimum Gasteiger partial charge on any atom is -0.394 e.